The van der Waals surface area contributed by atoms with Crippen LogP contribution >= 0.6 is 0 Å². The van der Waals surface area contributed by atoms with Gasteiger partial charge in [-0.3, -0.25) is 4.79 Å². The van der Waals surface area contributed by atoms with Gasteiger partial charge in [-0.25, -0.2) is 0 Å². The summed E-state index contributed by atoms with van der Waals surface area (Å²) in [6.07, 6.45) is 3.80. The molecule has 2 saturated heterocycles. The van der Waals surface area contributed by atoms with E-state index in [0.29, 0.717) is 0 Å². The number of aliphatic hydroxyl groups is 1. The third-order valence-corrected chi connectivity index (χ3v) is 6.04. The molecule has 4 aliphatic rings. The van der Waals surface area contributed by atoms with Crippen LogP contribution in [-0.2, 0) is 9.53 Å². The van der Waals surface area contributed by atoms with E-state index in [1.165, 1.54) is 0 Å². The zero-order valence-corrected chi connectivity index (χ0v) is 10.5. The smallest absolute Gasteiger partial charge is 0.164 e. The van der Waals surface area contributed by atoms with Crippen LogP contribution in [0.15, 0.2) is 11.6 Å². The second-order valence-electron chi connectivity index (χ2n) is 6.64. The van der Waals surface area contributed by atoms with Crippen molar-refractivity contribution >= 4 is 5.78 Å². The molecular formula is C14H18O3. The van der Waals surface area contributed by atoms with Crippen molar-refractivity contribution in [2.45, 2.75) is 50.9 Å². The van der Waals surface area contributed by atoms with Gasteiger partial charge in [-0.15, -0.1) is 0 Å². The van der Waals surface area contributed by atoms with Gasteiger partial charge in [0.15, 0.2) is 5.78 Å². The standard InChI is InChI=1S/C14H18O3/c1-7-6-8-9(10(7)15)13(3)14(4-5-14)12(2,16)11(8)17-13/h6,8-9,11,16H,4-5H2,1-3H3/t8-,9-,11-,12+,13+/m1/s1. The summed E-state index contributed by atoms with van der Waals surface area (Å²) in [6.45, 7) is 5.83. The Bertz CT molecular complexity index is 472. The normalized spacial score (nSPS) is 57.5. The number of allylic oxidation sites excluding steroid dienone is 1. The largest absolute Gasteiger partial charge is 0.387 e. The van der Waals surface area contributed by atoms with Crippen molar-refractivity contribution in [2.75, 3.05) is 0 Å². The van der Waals surface area contributed by atoms with E-state index >= 15 is 0 Å². The highest BCUT2D eigenvalue weighted by atomic mass is 16.6. The zero-order valence-electron chi connectivity index (χ0n) is 10.5. The van der Waals surface area contributed by atoms with Gasteiger partial charge in [0.05, 0.1) is 23.2 Å². The number of hydrogen-bond acceptors (Lipinski definition) is 3. The first-order valence-corrected chi connectivity index (χ1v) is 6.48. The number of fused-ring (bicyclic) bond motifs is 6. The number of carbonyl (C=O) groups is 1. The highest BCUT2D eigenvalue weighted by molar-refractivity contribution is 6.01. The molecule has 2 heterocycles. The van der Waals surface area contributed by atoms with Crippen LogP contribution in [0.5, 0.6) is 0 Å². The van der Waals surface area contributed by atoms with Gasteiger partial charge in [0, 0.05) is 11.3 Å². The van der Waals surface area contributed by atoms with Crippen LogP contribution in [0, 0.1) is 17.3 Å². The molecule has 0 radical (unpaired) electrons. The Kier molecular flexibility index (Phi) is 1.44. The van der Waals surface area contributed by atoms with Gasteiger partial charge >= 0.3 is 0 Å². The summed E-state index contributed by atoms with van der Waals surface area (Å²) in [5, 5.41) is 10.8. The molecule has 3 fully saturated rings. The minimum absolute atomic E-state index is 0.0461. The van der Waals surface area contributed by atoms with Gasteiger partial charge in [-0.05, 0) is 39.2 Å². The van der Waals surface area contributed by atoms with E-state index in [0.717, 1.165) is 18.4 Å². The Labute approximate surface area is 101 Å². The first kappa shape index (κ1) is 10.3. The van der Waals surface area contributed by atoms with E-state index in [-0.39, 0.29) is 29.1 Å². The van der Waals surface area contributed by atoms with Gasteiger partial charge in [-0.1, -0.05) is 6.08 Å². The van der Waals surface area contributed by atoms with E-state index < -0.39 is 11.2 Å². The van der Waals surface area contributed by atoms with Gasteiger partial charge in [0.1, 0.15) is 0 Å². The molecule has 4 rings (SSSR count). The lowest BCUT2D eigenvalue weighted by molar-refractivity contribution is -0.129. The fraction of sp³-hybridized carbons (Fsp3) is 0.786. The zero-order chi connectivity index (χ0) is 12.2. The van der Waals surface area contributed by atoms with Crippen LogP contribution in [0.4, 0.5) is 0 Å². The topological polar surface area (TPSA) is 46.5 Å². The molecule has 3 nitrogen and oxygen atoms in total. The lowest BCUT2D eigenvalue weighted by Crippen LogP contribution is -2.57. The van der Waals surface area contributed by atoms with Crippen LogP contribution in [0.2, 0.25) is 0 Å². The number of ether oxygens (including phenoxy) is 1. The van der Waals surface area contributed by atoms with Crippen LogP contribution in [0.1, 0.15) is 33.6 Å². The summed E-state index contributed by atoms with van der Waals surface area (Å²) in [5.74, 6) is 0.283. The molecule has 2 bridgehead atoms. The van der Waals surface area contributed by atoms with Gasteiger partial charge in [0.25, 0.3) is 0 Å². The number of ketones is 1. The average molecular weight is 234 g/mol. The molecule has 2 aliphatic heterocycles. The second-order valence-corrected chi connectivity index (χ2v) is 6.64. The summed E-state index contributed by atoms with van der Waals surface area (Å²) < 4.78 is 6.12. The summed E-state index contributed by atoms with van der Waals surface area (Å²) in [7, 11) is 0. The minimum Gasteiger partial charge on any atom is -0.387 e. The Morgan fingerprint density at radius 2 is 2.06 bits per heavy atom. The first-order chi connectivity index (χ1) is 7.85. The summed E-state index contributed by atoms with van der Waals surface area (Å²) in [5.41, 5.74) is -0.533. The number of carbonyl (C=O) groups excluding carboxylic acids is 1. The van der Waals surface area contributed by atoms with Gasteiger partial charge in [-0.2, -0.15) is 0 Å². The van der Waals surface area contributed by atoms with Crippen LogP contribution in [-0.4, -0.2) is 28.2 Å². The van der Waals surface area contributed by atoms with Crippen LogP contribution in [0.25, 0.3) is 0 Å². The minimum atomic E-state index is -0.773. The van der Waals surface area contributed by atoms with Gasteiger partial charge in [0.2, 0.25) is 0 Å². The summed E-state index contributed by atoms with van der Waals surface area (Å²) in [4.78, 5) is 12.3. The van der Waals surface area contributed by atoms with Crippen LogP contribution < -0.4 is 0 Å². The molecule has 0 aromatic rings. The van der Waals surface area contributed by atoms with Crippen molar-refractivity contribution in [3.8, 4) is 0 Å². The van der Waals surface area contributed by atoms with Crippen molar-refractivity contribution in [3.05, 3.63) is 11.6 Å². The second kappa shape index (κ2) is 2.39. The molecule has 0 aromatic carbocycles. The van der Waals surface area contributed by atoms with E-state index in [1.807, 2.05) is 26.8 Å². The fourth-order valence-electron chi connectivity index (χ4n) is 4.98. The average Bonchev–Trinajstić information content (AvgIpc) is 2.90. The summed E-state index contributed by atoms with van der Waals surface area (Å²) in [6, 6.07) is 0. The Morgan fingerprint density at radius 3 is 2.65 bits per heavy atom. The molecule has 3 heteroatoms. The maximum absolute atomic E-state index is 12.3. The molecule has 1 saturated carbocycles. The molecule has 5 atom stereocenters. The lowest BCUT2D eigenvalue weighted by Gasteiger charge is -2.44. The third kappa shape index (κ3) is 0.774. The maximum Gasteiger partial charge on any atom is 0.164 e. The van der Waals surface area contributed by atoms with Crippen molar-refractivity contribution < 1.29 is 14.6 Å². The van der Waals surface area contributed by atoms with E-state index in [4.69, 9.17) is 4.74 Å². The highest BCUT2D eigenvalue weighted by Gasteiger charge is 2.83. The van der Waals surface area contributed by atoms with E-state index in [1.54, 1.807) is 0 Å². The quantitative estimate of drug-likeness (QED) is 0.690. The molecule has 0 aromatic heterocycles. The van der Waals surface area contributed by atoms with Gasteiger partial charge < -0.3 is 9.84 Å². The summed E-state index contributed by atoms with van der Waals surface area (Å²) >= 11 is 0. The molecular weight excluding hydrogens is 216 g/mol. The molecule has 2 aliphatic carbocycles. The number of Topliss-reactive ketones (excluding diaryl/α,β-unsaturated/α-hetero) is 1. The van der Waals surface area contributed by atoms with Crippen molar-refractivity contribution in [1.29, 1.82) is 0 Å². The molecule has 92 valence electrons. The molecule has 0 unspecified atom stereocenters. The van der Waals surface area contributed by atoms with Crippen molar-refractivity contribution in [2.24, 2.45) is 17.3 Å². The Morgan fingerprint density at radius 1 is 1.41 bits per heavy atom. The Hall–Kier alpha value is -0.670. The first-order valence-electron chi connectivity index (χ1n) is 6.48. The Balaban J connectivity index is 1.91. The van der Waals surface area contributed by atoms with E-state index in [2.05, 4.69) is 0 Å². The van der Waals surface area contributed by atoms with E-state index in [9.17, 15) is 9.90 Å². The molecule has 0 amide bonds. The van der Waals surface area contributed by atoms with Crippen molar-refractivity contribution in [1.82, 2.24) is 0 Å². The predicted octanol–water partition coefficient (Wildman–Crippen LogP) is 1.45. The molecule has 17 heavy (non-hydrogen) atoms. The third-order valence-electron chi connectivity index (χ3n) is 6.04. The van der Waals surface area contributed by atoms with Crippen LogP contribution in [0.3, 0.4) is 0 Å². The maximum atomic E-state index is 12.3. The SMILES string of the molecule is CC1=C[C@H]2[C@H]3O[C@@](C)([C@H]2C1=O)C1(CC1)[C@@]3(C)O. The number of hydrogen-bond donors (Lipinski definition) is 1. The lowest BCUT2D eigenvalue weighted by atomic mass is 9.59. The highest BCUT2D eigenvalue weighted by Crippen LogP contribution is 2.76. The molecule has 1 N–H and O–H groups in total. The van der Waals surface area contributed by atoms with Crippen molar-refractivity contribution in [3.63, 3.8) is 0 Å². The fourth-order valence-corrected chi connectivity index (χ4v) is 4.98. The predicted molar refractivity (Wildman–Crippen MR) is 61.3 cm³/mol. The molecule has 1 spiro atoms. The number of rotatable bonds is 0. The monoisotopic (exact) mass is 234 g/mol.